The van der Waals surface area contributed by atoms with Crippen LogP contribution in [0.2, 0.25) is 0 Å². The first-order valence-electron chi connectivity index (χ1n) is 10.0. The monoisotopic (exact) mass is 406 g/mol. The number of carbonyl (C=O) groups is 1. The molecule has 0 aliphatic heterocycles. The summed E-state index contributed by atoms with van der Waals surface area (Å²) in [6.45, 7) is 3.62. The Kier molecular flexibility index (Phi) is 4.84. The highest BCUT2D eigenvalue weighted by Gasteiger charge is 2.58. The zero-order chi connectivity index (χ0) is 21.0. The van der Waals surface area contributed by atoms with Crippen LogP contribution in [0.4, 0.5) is 13.2 Å². The Morgan fingerprint density at radius 2 is 1.86 bits per heavy atom. The minimum absolute atomic E-state index is 0.0178. The number of amides is 1. The van der Waals surface area contributed by atoms with Gasteiger partial charge in [-0.3, -0.25) is 9.78 Å². The number of nitrogens with zero attached hydrogens (tertiary/aromatic N) is 1. The molecular formula is C22H25F3N2O2. The summed E-state index contributed by atoms with van der Waals surface area (Å²) in [5.41, 5.74) is -0.0296. The molecule has 2 fully saturated rings. The van der Waals surface area contributed by atoms with Gasteiger partial charge in [-0.1, -0.05) is 0 Å². The lowest BCUT2D eigenvalue weighted by atomic mass is 9.77. The molecule has 4 rings (SSSR count). The van der Waals surface area contributed by atoms with Gasteiger partial charge in [0.1, 0.15) is 5.82 Å². The van der Waals surface area contributed by atoms with Gasteiger partial charge in [0.2, 0.25) is 0 Å². The van der Waals surface area contributed by atoms with Gasteiger partial charge in [-0.05, 0) is 69.2 Å². The normalized spacial score (nSPS) is 26.3. The van der Waals surface area contributed by atoms with Crippen molar-refractivity contribution >= 4 is 16.8 Å². The number of carbonyl (C=O) groups excluding carboxylic acids is 1. The first-order valence-corrected chi connectivity index (χ1v) is 10.0. The summed E-state index contributed by atoms with van der Waals surface area (Å²) in [5, 5.41) is 13.5. The van der Waals surface area contributed by atoms with Gasteiger partial charge in [-0.25, -0.2) is 13.2 Å². The lowest BCUT2D eigenvalue weighted by Gasteiger charge is -2.36. The highest BCUT2D eigenvalue weighted by molar-refractivity contribution is 5.97. The van der Waals surface area contributed by atoms with Crippen LogP contribution in [-0.4, -0.2) is 33.6 Å². The molecule has 0 saturated heterocycles. The fraction of sp³-hybridized carbons (Fsp3) is 0.545. The van der Waals surface area contributed by atoms with E-state index in [1.807, 2.05) is 13.8 Å². The van der Waals surface area contributed by atoms with E-state index in [-0.39, 0.29) is 29.9 Å². The Hall–Kier alpha value is -2.15. The molecule has 0 radical (unpaired) electrons. The molecule has 156 valence electrons. The predicted octanol–water partition coefficient (Wildman–Crippen LogP) is 4.56. The van der Waals surface area contributed by atoms with E-state index in [2.05, 4.69) is 10.3 Å². The van der Waals surface area contributed by atoms with Crippen LogP contribution in [0.5, 0.6) is 0 Å². The highest BCUT2D eigenvalue weighted by atomic mass is 19.3. The second-order valence-electron chi connectivity index (χ2n) is 8.98. The lowest BCUT2D eigenvalue weighted by molar-refractivity contribution is -0.00257. The number of aliphatic hydroxyl groups is 1. The van der Waals surface area contributed by atoms with Crippen LogP contribution in [0, 0.1) is 11.7 Å². The molecule has 2 aliphatic carbocycles. The number of aromatic nitrogens is 1. The number of halogens is 3. The quantitative estimate of drug-likeness (QED) is 0.783. The van der Waals surface area contributed by atoms with Crippen LogP contribution in [-0.2, 0) is 0 Å². The second kappa shape index (κ2) is 6.97. The standard InChI is InChI=1S/C22H25F3N2O2/c1-21(2,29)14-3-5-15(6-4-14)27-20(28)13-7-12-8-18(23)16(9-19(12)26-11-13)17-10-22(17,24)25/h7-9,11,14-15,17,29H,3-6,10H2,1-2H3,(H,27,28)/t14-,15-,17?. The maximum atomic E-state index is 14.3. The van der Waals surface area contributed by atoms with E-state index in [0.29, 0.717) is 16.5 Å². The van der Waals surface area contributed by atoms with E-state index in [1.165, 1.54) is 24.4 Å². The van der Waals surface area contributed by atoms with E-state index >= 15 is 0 Å². The number of benzene rings is 1. The summed E-state index contributed by atoms with van der Waals surface area (Å²) >= 11 is 0. The Labute approximate surface area is 167 Å². The summed E-state index contributed by atoms with van der Waals surface area (Å²) < 4.78 is 40.9. The van der Waals surface area contributed by atoms with Crippen LogP contribution >= 0.6 is 0 Å². The summed E-state index contributed by atoms with van der Waals surface area (Å²) in [6, 6.07) is 4.10. The minimum Gasteiger partial charge on any atom is -0.390 e. The van der Waals surface area contributed by atoms with Crippen molar-refractivity contribution in [2.45, 2.75) is 69.4 Å². The van der Waals surface area contributed by atoms with Crippen LogP contribution in [0.15, 0.2) is 24.4 Å². The molecule has 29 heavy (non-hydrogen) atoms. The van der Waals surface area contributed by atoms with Crippen molar-refractivity contribution in [3.05, 3.63) is 41.3 Å². The van der Waals surface area contributed by atoms with Crippen molar-refractivity contribution in [3.63, 3.8) is 0 Å². The fourth-order valence-corrected chi connectivity index (χ4v) is 4.32. The molecule has 1 atom stereocenters. The van der Waals surface area contributed by atoms with Crippen molar-refractivity contribution in [2.75, 3.05) is 0 Å². The average molecular weight is 406 g/mol. The van der Waals surface area contributed by atoms with Gasteiger partial charge in [0, 0.05) is 24.0 Å². The lowest BCUT2D eigenvalue weighted by Crippen LogP contribution is -2.41. The van der Waals surface area contributed by atoms with Crippen LogP contribution < -0.4 is 5.32 Å². The molecule has 0 spiro atoms. The van der Waals surface area contributed by atoms with E-state index in [0.717, 1.165) is 25.7 Å². The third-order valence-corrected chi connectivity index (χ3v) is 6.32. The van der Waals surface area contributed by atoms with Crippen molar-refractivity contribution < 1.29 is 23.1 Å². The molecule has 1 aromatic carbocycles. The summed E-state index contributed by atoms with van der Waals surface area (Å²) in [4.78, 5) is 16.8. The molecule has 1 heterocycles. The molecule has 7 heteroatoms. The average Bonchev–Trinajstić information content (AvgIpc) is 3.28. The Morgan fingerprint density at radius 3 is 2.45 bits per heavy atom. The molecule has 1 unspecified atom stereocenters. The molecule has 1 aromatic heterocycles. The van der Waals surface area contributed by atoms with Gasteiger partial charge >= 0.3 is 0 Å². The van der Waals surface area contributed by atoms with Gasteiger partial charge in [-0.2, -0.15) is 0 Å². The van der Waals surface area contributed by atoms with Crippen LogP contribution in [0.25, 0.3) is 10.9 Å². The van der Waals surface area contributed by atoms with E-state index in [4.69, 9.17) is 0 Å². The molecule has 1 amide bonds. The van der Waals surface area contributed by atoms with E-state index in [9.17, 15) is 23.1 Å². The SMILES string of the molecule is CC(C)(O)[C@H]1CC[C@H](NC(=O)c2cnc3cc(C4CC4(F)F)c(F)cc3c2)CC1. The van der Waals surface area contributed by atoms with Gasteiger partial charge in [-0.15, -0.1) is 0 Å². The number of pyridine rings is 1. The van der Waals surface area contributed by atoms with Gasteiger partial charge in [0.25, 0.3) is 11.8 Å². The number of nitrogens with one attached hydrogen (secondary N) is 1. The number of hydrogen-bond donors (Lipinski definition) is 2. The number of hydrogen-bond acceptors (Lipinski definition) is 3. The molecule has 2 N–H and O–H groups in total. The first-order chi connectivity index (χ1) is 13.5. The van der Waals surface area contributed by atoms with Gasteiger partial charge < -0.3 is 10.4 Å². The van der Waals surface area contributed by atoms with Gasteiger partial charge in [0.15, 0.2) is 0 Å². The van der Waals surface area contributed by atoms with Gasteiger partial charge in [0.05, 0.1) is 22.6 Å². The van der Waals surface area contributed by atoms with Crippen molar-refractivity contribution in [3.8, 4) is 0 Å². The first kappa shape index (κ1) is 20.1. The van der Waals surface area contributed by atoms with Crippen molar-refractivity contribution in [1.29, 1.82) is 0 Å². The summed E-state index contributed by atoms with van der Waals surface area (Å²) in [6.07, 6.45) is 4.30. The molecule has 2 aromatic rings. The largest absolute Gasteiger partial charge is 0.390 e. The zero-order valence-corrected chi connectivity index (χ0v) is 16.5. The highest BCUT2D eigenvalue weighted by Crippen LogP contribution is 2.56. The topological polar surface area (TPSA) is 62.2 Å². The molecule has 2 aliphatic rings. The third kappa shape index (κ3) is 4.10. The van der Waals surface area contributed by atoms with Crippen LogP contribution in [0.1, 0.15) is 67.8 Å². The summed E-state index contributed by atoms with van der Waals surface area (Å²) in [7, 11) is 0. The molecule has 4 nitrogen and oxygen atoms in total. The Balaban J connectivity index is 1.45. The number of fused-ring (bicyclic) bond motifs is 1. The Morgan fingerprint density at radius 1 is 1.21 bits per heavy atom. The van der Waals surface area contributed by atoms with Crippen molar-refractivity contribution in [1.82, 2.24) is 10.3 Å². The summed E-state index contributed by atoms with van der Waals surface area (Å²) in [5.74, 6) is -4.70. The maximum Gasteiger partial charge on any atom is 0.256 e. The van der Waals surface area contributed by atoms with E-state index in [1.54, 1.807) is 0 Å². The smallest absolute Gasteiger partial charge is 0.256 e. The fourth-order valence-electron chi connectivity index (χ4n) is 4.32. The minimum atomic E-state index is -2.85. The maximum absolute atomic E-state index is 14.3. The van der Waals surface area contributed by atoms with Crippen molar-refractivity contribution in [2.24, 2.45) is 5.92 Å². The molecular weight excluding hydrogens is 381 g/mol. The molecule has 0 bridgehead atoms. The number of alkyl halides is 2. The molecule has 2 saturated carbocycles. The second-order valence-corrected chi connectivity index (χ2v) is 8.98. The third-order valence-electron chi connectivity index (χ3n) is 6.32. The van der Waals surface area contributed by atoms with Crippen LogP contribution in [0.3, 0.4) is 0 Å². The van der Waals surface area contributed by atoms with E-state index < -0.39 is 23.3 Å². The zero-order valence-electron chi connectivity index (χ0n) is 16.5. The Bertz CT molecular complexity index is 947. The number of rotatable bonds is 4. The predicted molar refractivity (Wildman–Crippen MR) is 104 cm³/mol.